The number of hydrogen-bond acceptors (Lipinski definition) is 10. The number of aldehydes is 1. The van der Waals surface area contributed by atoms with Gasteiger partial charge >= 0.3 is 0 Å². The van der Waals surface area contributed by atoms with Crippen LogP contribution in [0.2, 0.25) is 0 Å². The van der Waals surface area contributed by atoms with Crippen LogP contribution in [-0.4, -0.2) is 74.4 Å². The first-order valence-electron chi connectivity index (χ1n) is 10.7. The third-order valence-corrected chi connectivity index (χ3v) is 8.75. The molecule has 2 aromatic carbocycles. The molecular weight excluding hydrogens is 841 g/mol. The van der Waals surface area contributed by atoms with E-state index in [0.717, 1.165) is 0 Å². The van der Waals surface area contributed by atoms with Gasteiger partial charge in [0.25, 0.3) is 0 Å². The number of benzene rings is 2. The Morgan fingerprint density at radius 1 is 1.00 bits per heavy atom. The van der Waals surface area contributed by atoms with E-state index in [0.29, 0.717) is 33.2 Å². The van der Waals surface area contributed by atoms with Crippen LogP contribution in [0.1, 0.15) is 24.2 Å². The highest BCUT2D eigenvalue weighted by Crippen LogP contribution is 2.44. The van der Waals surface area contributed by atoms with Gasteiger partial charge < -0.3 is 42.5 Å². The normalized spacial score (nSPS) is 14.7. The molecule has 15 heteroatoms. The van der Waals surface area contributed by atoms with Crippen LogP contribution >= 0.6 is 67.8 Å². The summed E-state index contributed by atoms with van der Waals surface area (Å²) in [5, 5.41) is 46.3. The van der Waals surface area contributed by atoms with Gasteiger partial charge in [-0.25, -0.2) is 0 Å². The van der Waals surface area contributed by atoms with Crippen LogP contribution in [0.5, 0.6) is 0 Å². The van der Waals surface area contributed by atoms with Gasteiger partial charge in [-0.15, -0.1) is 0 Å². The lowest BCUT2D eigenvalue weighted by molar-refractivity contribution is -0.150. The highest BCUT2D eigenvalue weighted by atomic mass is 127. The van der Waals surface area contributed by atoms with Gasteiger partial charge in [-0.1, -0.05) is 18.2 Å². The van der Waals surface area contributed by atoms with Gasteiger partial charge in [0.2, 0.25) is 17.6 Å². The molecule has 3 atom stereocenters. The zero-order valence-electron chi connectivity index (χ0n) is 20.0. The SMILES string of the molecule is CC(=O)Nc1c(I)c(NC(C)=O)c(I)c(-c2cccc(C(=O)[C@](O)([C@H](O)[C@H](O)CO)C(N)(N)C=O)c2)c1I. The zero-order chi connectivity index (χ0) is 29.2. The summed E-state index contributed by atoms with van der Waals surface area (Å²) in [5.41, 5.74) is 6.75. The smallest absolute Gasteiger partial charge is 0.221 e. The van der Waals surface area contributed by atoms with Crippen molar-refractivity contribution in [1.29, 1.82) is 0 Å². The first-order valence-corrected chi connectivity index (χ1v) is 13.9. The molecule has 206 valence electrons. The van der Waals surface area contributed by atoms with Crippen molar-refractivity contribution in [1.82, 2.24) is 0 Å². The van der Waals surface area contributed by atoms with Crippen LogP contribution in [0.4, 0.5) is 11.4 Å². The monoisotopic (exact) mass is 866 g/mol. The second-order valence-electron chi connectivity index (χ2n) is 8.35. The van der Waals surface area contributed by atoms with E-state index in [2.05, 4.69) is 10.6 Å². The van der Waals surface area contributed by atoms with Crippen molar-refractivity contribution in [3.63, 3.8) is 0 Å². The number of nitrogens with two attached hydrogens (primary N) is 2. The van der Waals surface area contributed by atoms with Crippen molar-refractivity contribution >= 4 is 103 Å². The molecule has 2 rings (SSSR count). The number of anilines is 2. The molecule has 0 saturated heterocycles. The standard InChI is InChI=1S/C23H25I3N4O8/c1-9(33)29-18-15(24)14(16(25)19(17(18)26)30-10(2)34)11-4-3-5-12(6-11)20(36)23(38,22(27,28)8-32)21(37)13(35)7-31/h3-6,8,13,21,31,35,37-38H,7,27-28H2,1-2H3,(H,29,33)(H,30,34)/t13-,21-,23+/m1/s1. The van der Waals surface area contributed by atoms with Crippen molar-refractivity contribution in [2.75, 3.05) is 17.2 Å². The molecule has 0 aliphatic heterocycles. The molecule has 0 radical (unpaired) electrons. The highest BCUT2D eigenvalue weighted by molar-refractivity contribution is 14.1. The van der Waals surface area contributed by atoms with E-state index < -0.39 is 35.9 Å². The summed E-state index contributed by atoms with van der Waals surface area (Å²) < 4.78 is 1.70. The van der Waals surface area contributed by atoms with E-state index >= 15 is 0 Å². The Morgan fingerprint density at radius 3 is 1.92 bits per heavy atom. The predicted octanol–water partition coefficient (Wildman–Crippen LogP) is 0.525. The summed E-state index contributed by atoms with van der Waals surface area (Å²) in [6, 6.07) is 5.67. The van der Waals surface area contributed by atoms with Crippen molar-refractivity contribution in [2.24, 2.45) is 11.5 Å². The second-order valence-corrected chi connectivity index (χ2v) is 11.6. The van der Waals surface area contributed by atoms with E-state index in [-0.39, 0.29) is 23.7 Å². The summed E-state index contributed by atoms with van der Waals surface area (Å²) in [4.78, 5) is 48.9. The van der Waals surface area contributed by atoms with Gasteiger partial charge in [-0.3, -0.25) is 19.2 Å². The van der Waals surface area contributed by atoms with Crippen LogP contribution in [-0.2, 0) is 14.4 Å². The number of nitrogens with one attached hydrogen (secondary N) is 2. The number of amides is 2. The van der Waals surface area contributed by atoms with Crippen molar-refractivity contribution in [2.45, 2.75) is 37.3 Å². The van der Waals surface area contributed by atoms with Crippen molar-refractivity contribution < 1.29 is 39.6 Å². The molecule has 0 heterocycles. The number of hydrogen-bond donors (Lipinski definition) is 8. The van der Waals surface area contributed by atoms with Crippen LogP contribution in [0.25, 0.3) is 11.1 Å². The Balaban J connectivity index is 2.84. The molecule has 2 aromatic rings. The number of rotatable bonds is 10. The number of carbonyl (C=O) groups excluding carboxylic acids is 4. The maximum atomic E-state index is 13.5. The second kappa shape index (κ2) is 12.9. The molecule has 0 unspecified atom stereocenters. The lowest BCUT2D eigenvalue weighted by Crippen LogP contribution is -2.77. The average Bonchev–Trinajstić information content (AvgIpc) is 2.87. The molecule has 12 nitrogen and oxygen atoms in total. The Hall–Kier alpha value is -1.33. The number of ketones is 1. The molecule has 0 aliphatic carbocycles. The zero-order valence-corrected chi connectivity index (χ0v) is 26.4. The summed E-state index contributed by atoms with van der Waals surface area (Å²) in [6.45, 7) is 1.59. The number of halogens is 3. The third kappa shape index (κ3) is 6.35. The van der Waals surface area contributed by atoms with Crippen molar-refractivity contribution in [3.05, 3.63) is 40.5 Å². The van der Waals surface area contributed by atoms with Crippen LogP contribution in [0.3, 0.4) is 0 Å². The minimum atomic E-state index is -3.23. The van der Waals surface area contributed by atoms with Gasteiger partial charge in [-0.05, 0) is 79.4 Å². The van der Waals surface area contributed by atoms with Gasteiger partial charge in [0.15, 0.2) is 17.6 Å². The van der Waals surface area contributed by atoms with Crippen LogP contribution in [0.15, 0.2) is 24.3 Å². The molecule has 0 fully saturated rings. The third-order valence-electron chi connectivity index (χ3n) is 5.51. The van der Waals surface area contributed by atoms with Gasteiger partial charge in [0.05, 0.1) is 21.6 Å². The number of aliphatic hydroxyl groups is 4. The van der Waals surface area contributed by atoms with E-state index in [1.807, 2.05) is 67.8 Å². The molecule has 38 heavy (non-hydrogen) atoms. The summed E-state index contributed by atoms with van der Waals surface area (Å²) in [7, 11) is 0. The largest absolute Gasteiger partial charge is 0.394 e. The maximum Gasteiger partial charge on any atom is 0.221 e. The fourth-order valence-electron chi connectivity index (χ4n) is 3.58. The van der Waals surface area contributed by atoms with Crippen LogP contribution < -0.4 is 22.1 Å². The quantitative estimate of drug-likeness (QED) is 0.0716. The molecular formula is C23H25I3N4O8. The van der Waals surface area contributed by atoms with E-state index in [9.17, 15) is 39.6 Å². The maximum absolute atomic E-state index is 13.5. The fourth-order valence-corrected chi connectivity index (χ4v) is 7.91. The Kier molecular flexibility index (Phi) is 11.2. The lowest BCUT2D eigenvalue weighted by atomic mass is 9.76. The fraction of sp³-hybridized carbons (Fsp3) is 0.304. The van der Waals surface area contributed by atoms with Gasteiger partial charge in [-0.2, -0.15) is 0 Å². The van der Waals surface area contributed by atoms with Gasteiger partial charge in [0, 0.05) is 32.1 Å². The topological polar surface area (TPSA) is 225 Å². The first-order chi connectivity index (χ1) is 17.5. The minimum Gasteiger partial charge on any atom is -0.394 e. The predicted molar refractivity (Wildman–Crippen MR) is 164 cm³/mol. The molecule has 2 amide bonds. The number of carbonyl (C=O) groups is 4. The highest BCUT2D eigenvalue weighted by Gasteiger charge is 2.58. The Bertz CT molecular complexity index is 1250. The summed E-state index contributed by atoms with van der Waals surface area (Å²) in [5.74, 6) is -2.01. The summed E-state index contributed by atoms with van der Waals surface area (Å²) in [6.07, 6.45) is -4.63. The summed E-state index contributed by atoms with van der Waals surface area (Å²) >= 11 is 6.01. The minimum absolute atomic E-state index is 0.146. The van der Waals surface area contributed by atoms with Crippen LogP contribution in [0, 0.1) is 10.7 Å². The molecule has 0 saturated carbocycles. The lowest BCUT2D eigenvalue weighted by Gasteiger charge is -2.41. The molecule has 0 aromatic heterocycles. The number of Topliss-reactive ketones (excluding diaryl/α,β-unsaturated/α-hetero) is 1. The number of aliphatic hydroxyl groups excluding tert-OH is 3. The average molecular weight is 866 g/mol. The Morgan fingerprint density at radius 2 is 1.50 bits per heavy atom. The van der Waals surface area contributed by atoms with E-state index in [4.69, 9.17) is 11.5 Å². The van der Waals surface area contributed by atoms with Gasteiger partial charge in [0.1, 0.15) is 12.2 Å². The van der Waals surface area contributed by atoms with Crippen molar-refractivity contribution in [3.8, 4) is 11.1 Å². The van der Waals surface area contributed by atoms with E-state index in [1.54, 1.807) is 6.07 Å². The molecule has 0 spiro atoms. The van der Waals surface area contributed by atoms with E-state index in [1.165, 1.54) is 32.0 Å². The molecule has 0 bridgehead atoms. The first kappa shape index (κ1) is 32.9. The molecule has 10 N–H and O–H groups in total. The Labute approximate surface area is 258 Å². The molecule has 0 aliphatic rings.